The molecule has 2 aliphatic rings. The van der Waals surface area contributed by atoms with Gasteiger partial charge in [0.05, 0.1) is 11.8 Å². The van der Waals surface area contributed by atoms with Crippen molar-refractivity contribution in [3.8, 4) is 0 Å². The van der Waals surface area contributed by atoms with Crippen LogP contribution in [-0.2, 0) is 23.8 Å². The van der Waals surface area contributed by atoms with Gasteiger partial charge in [-0.3, -0.25) is 9.59 Å². The van der Waals surface area contributed by atoms with Crippen molar-refractivity contribution < 1.29 is 23.8 Å². The second-order valence-electron chi connectivity index (χ2n) is 11.2. The number of carbonyl (C=O) groups is 2. The second-order valence-corrected chi connectivity index (χ2v) is 11.2. The molecule has 2 aliphatic carbocycles. The Labute approximate surface area is 212 Å². The number of carbonyl (C=O) groups excluding carboxylic acids is 2. The van der Waals surface area contributed by atoms with Crippen LogP contribution in [0.25, 0.3) is 0 Å². The van der Waals surface area contributed by atoms with Gasteiger partial charge in [0.15, 0.2) is 0 Å². The van der Waals surface area contributed by atoms with Crippen LogP contribution in [0, 0.1) is 34.5 Å². The van der Waals surface area contributed by atoms with Crippen molar-refractivity contribution >= 4 is 49.2 Å². The molecule has 2 rings (SSSR count). The summed E-state index contributed by atoms with van der Waals surface area (Å²) in [6.07, 6.45) is 7.39. The zero-order chi connectivity index (χ0) is 23.8. The van der Waals surface area contributed by atoms with Gasteiger partial charge in [-0.15, -0.1) is 0 Å². The molecule has 0 N–H and O–H groups in total. The van der Waals surface area contributed by atoms with Crippen LogP contribution in [-0.4, -0.2) is 25.5 Å². The minimum absolute atomic E-state index is 0.132. The van der Waals surface area contributed by atoms with Gasteiger partial charge in [0.25, 0.3) is 0 Å². The van der Waals surface area contributed by atoms with E-state index in [4.69, 9.17) is 14.2 Å². The minimum Gasteiger partial charge on any atom is -0.400 e. The Morgan fingerprint density at radius 2 is 0.968 bits per heavy atom. The normalized spacial score (nSPS) is 28.0. The van der Waals surface area contributed by atoms with E-state index in [1.54, 1.807) is 0 Å². The summed E-state index contributed by atoms with van der Waals surface area (Å²) in [5.41, 5.74) is 0.539. The van der Waals surface area contributed by atoms with E-state index in [9.17, 15) is 9.59 Å². The summed E-state index contributed by atoms with van der Waals surface area (Å²) in [5.74, 6) is 0.373. The van der Waals surface area contributed by atoms with E-state index < -0.39 is 6.48 Å². The smallest absolute Gasteiger partial charge is 0.364 e. The van der Waals surface area contributed by atoms with Crippen LogP contribution in [0.3, 0.4) is 0 Å². The van der Waals surface area contributed by atoms with Crippen molar-refractivity contribution in [1.29, 1.82) is 0 Å². The van der Waals surface area contributed by atoms with Crippen molar-refractivity contribution in [1.82, 2.24) is 0 Å². The molecule has 0 saturated heterocycles. The number of methoxy groups -OCH3 is 1. The molecule has 0 amide bonds. The average Bonchev–Trinajstić information content (AvgIpc) is 2.73. The van der Waals surface area contributed by atoms with Crippen LogP contribution in [0.15, 0.2) is 0 Å². The van der Waals surface area contributed by atoms with Gasteiger partial charge in [-0.2, -0.15) is 0 Å². The molecule has 7 heteroatoms. The molecular weight excluding hydrogens is 622 g/mol. The molecule has 2 fully saturated rings. The fraction of sp³-hybridized carbons (Fsp3) is 0.917. The third kappa shape index (κ3) is 9.63. The van der Waals surface area contributed by atoms with E-state index in [1.807, 2.05) is 0 Å². The summed E-state index contributed by atoms with van der Waals surface area (Å²) in [5, 5.41) is 0. The summed E-state index contributed by atoms with van der Waals surface area (Å²) in [4.78, 5) is 25.1. The van der Waals surface area contributed by atoms with Crippen LogP contribution in [0.5, 0.6) is 0 Å². The molecule has 5 nitrogen and oxygen atoms in total. The highest BCUT2D eigenvalue weighted by Crippen LogP contribution is 2.41. The quantitative estimate of drug-likeness (QED) is 0.173. The number of halogens is 2. The lowest BCUT2D eigenvalue weighted by molar-refractivity contribution is -0.262. The van der Waals surface area contributed by atoms with Crippen molar-refractivity contribution in [2.24, 2.45) is 34.5 Å². The lowest BCUT2D eigenvalue weighted by Gasteiger charge is -2.37. The summed E-state index contributed by atoms with van der Waals surface area (Å²) in [7, 11) is 1.40. The third-order valence-electron chi connectivity index (χ3n) is 7.19. The topological polar surface area (TPSA) is 61.8 Å². The summed E-state index contributed by atoms with van der Waals surface area (Å²) >= 11 is 4.24. The molecule has 0 aliphatic heterocycles. The molecular formula is C24H42I2O5. The van der Waals surface area contributed by atoms with E-state index in [0.29, 0.717) is 11.8 Å². The third-order valence-corrected chi connectivity index (χ3v) is 7.19. The number of rotatable bonds is 5. The van der Waals surface area contributed by atoms with Crippen molar-refractivity contribution in [2.75, 3.05) is 7.11 Å². The second kappa shape index (κ2) is 13.3. The van der Waals surface area contributed by atoms with E-state index in [1.165, 1.54) is 7.11 Å². The maximum atomic E-state index is 12.5. The van der Waals surface area contributed by atoms with Gasteiger partial charge in [0, 0.05) is 44.3 Å². The highest BCUT2D eigenvalue weighted by molar-refractivity contribution is 15.0. The van der Waals surface area contributed by atoms with Gasteiger partial charge < -0.3 is 14.2 Å². The predicted octanol–water partition coefficient (Wildman–Crippen LogP) is 7.48. The molecule has 0 aromatic heterocycles. The summed E-state index contributed by atoms with van der Waals surface area (Å²) in [6, 6.07) is 0. The molecule has 0 heterocycles. The Hall–Kier alpha value is 0.360. The highest BCUT2D eigenvalue weighted by Gasteiger charge is 2.36. The van der Waals surface area contributed by atoms with Crippen molar-refractivity contribution in [2.45, 2.75) is 99.4 Å². The number of hydrogen-bond donors (Lipinski definition) is 0. The number of esters is 2. The zero-order valence-electron chi connectivity index (χ0n) is 20.3. The highest BCUT2D eigenvalue weighted by atomic mass is 128. The molecule has 0 unspecified atom stereocenters. The van der Waals surface area contributed by atoms with Gasteiger partial charge in [0.2, 0.25) is 0 Å². The van der Waals surface area contributed by atoms with Gasteiger partial charge in [-0.25, -0.2) is 0 Å². The van der Waals surface area contributed by atoms with Gasteiger partial charge in [-0.05, 0) is 74.0 Å². The van der Waals surface area contributed by atoms with Crippen molar-refractivity contribution in [3.05, 3.63) is 0 Å². The Balaban J connectivity index is 0.00000233. The molecule has 0 aromatic rings. The first-order chi connectivity index (χ1) is 14.4. The molecule has 0 atom stereocenters. The number of ether oxygens (including phenoxy) is 3. The SMILES string of the molecule is COC(OC(=O)C1CCC(C(C)(C)C)CC1)OC(=O)C1CCC(C(C)(C)C)CC1.II. The minimum atomic E-state index is -1.24. The average molecular weight is 664 g/mol. The lowest BCUT2D eigenvalue weighted by atomic mass is 9.70. The Morgan fingerprint density at radius 1 is 0.677 bits per heavy atom. The first-order valence-electron chi connectivity index (χ1n) is 11.5. The zero-order valence-corrected chi connectivity index (χ0v) is 24.7. The molecule has 182 valence electrons. The van der Waals surface area contributed by atoms with Gasteiger partial charge >= 0.3 is 18.4 Å². The molecule has 0 bridgehead atoms. The van der Waals surface area contributed by atoms with Crippen LogP contribution in [0.1, 0.15) is 92.9 Å². The van der Waals surface area contributed by atoms with Crippen LogP contribution in [0.2, 0.25) is 0 Å². The summed E-state index contributed by atoms with van der Waals surface area (Å²) in [6.45, 7) is 12.3. The van der Waals surface area contributed by atoms with E-state index in [0.717, 1.165) is 51.4 Å². The first-order valence-corrected chi connectivity index (χ1v) is 17.8. The van der Waals surface area contributed by atoms with E-state index >= 15 is 0 Å². The largest absolute Gasteiger partial charge is 0.400 e. The lowest BCUT2D eigenvalue weighted by Crippen LogP contribution is -2.35. The van der Waals surface area contributed by atoms with E-state index in [-0.39, 0.29) is 34.6 Å². The van der Waals surface area contributed by atoms with Crippen LogP contribution >= 0.6 is 37.2 Å². The maximum Gasteiger partial charge on any atom is 0.364 e. The van der Waals surface area contributed by atoms with Crippen LogP contribution < -0.4 is 0 Å². The Kier molecular flexibility index (Phi) is 12.6. The Bertz CT molecular complexity index is 503. The number of hydrogen-bond acceptors (Lipinski definition) is 5. The van der Waals surface area contributed by atoms with Crippen LogP contribution in [0.4, 0.5) is 0 Å². The fourth-order valence-corrected chi connectivity index (χ4v) is 4.89. The van der Waals surface area contributed by atoms with Gasteiger partial charge in [-0.1, -0.05) is 41.5 Å². The van der Waals surface area contributed by atoms with Gasteiger partial charge in [0.1, 0.15) is 0 Å². The molecule has 31 heavy (non-hydrogen) atoms. The predicted molar refractivity (Wildman–Crippen MR) is 141 cm³/mol. The standard InChI is InChI=1S/C24H42O5.I2/c1-23(2,3)18-12-8-16(9-13-18)20(25)28-22(27-7)29-21(26)17-10-14-19(15-11-17)24(4,5)6;1-2/h16-19,22H,8-15H2,1-7H3;. The Morgan fingerprint density at radius 3 is 1.19 bits per heavy atom. The first kappa shape index (κ1) is 29.4. The molecule has 2 saturated carbocycles. The molecule has 0 aromatic carbocycles. The van der Waals surface area contributed by atoms with E-state index in [2.05, 4.69) is 78.8 Å². The monoisotopic (exact) mass is 664 g/mol. The molecule has 0 spiro atoms. The molecule has 0 radical (unpaired) electrons. The fourth-order valence-electron chi connectivity index (χ4n) is 4.89. The van der Waals surface area contributed by atoms with Crippen molar-refractivity contribution in [3.63, 3.8) is 0 Å². The maximum absolute atomic E-state index is 12.5. The summed E-state index contributed by atoms with van der Waals surface area (Å²) < 4.78 is 15.9.